The van der Waals surface area contributed by atoms with E-state index < -0.39 is 5.60 Å². The maximum atomic E-state index is 12.4. The lowest BCUT2D eigenvalue weighted by Crippen LogP contribution is -2.44. The molecule has 0 N–H and O–H groups in total. The average molecular weight is 523 g/mol. The van der Waals surface area contributed by atoms with Gasteiger partial charge in [0.25, 0.3) is 0 Å². The van der Waals surface area contributed by atoms with Gasteiger partial charge in [0.1, 0.15) is 23.2 Å². The van der Waals surface area contributed by atoms with Crippen molar-refractivity contribution in [2.75, 3.05) is 27.3 Å². The normalized spacial score (nSPS) is 14.2. The van der Waals surface area contributed by atoms with Gasteiger partial charge in [-0.3, -0.25) is 9.78 Å². The smallest absolute Gasteiger partial charge is 0.410 e. The zero-order chi connectivity index (χ0) is 27.3. The van der Waals surface area contributed by atoms with E-state index >= 15 is 0 Å². The number of likely N-dealkylation sites (tertiary alicyclic amines) is 1. The van der Waals surface area contributed by atoms with Gasteiger partial charge in [-0.2, -0.15) is 0 Å². The quantitative estimate of drug-likeness (QED) is 0.374. The molecule has 4 rings (SSSR count). The van der Waals surface area contributed by atoms with Crippen molar-refractivity contribution in [3.8, 4) is 23.0 Å². The molecule has 0 saturated carbocycles. The van der Waals surface area contributed by atoms with Crippen LogP contribution in [-0.4, -0.2) is 61.0 Å². The van der Waals surface area contributed by atoms with Crippen LogP contribution in [0.3, 0.4) is 0 Å². The van der Waals surface area contributed by atoms with Crippen LogP contribution in [0.4, 0.5) is 4.79 Å². The number of benzene rings is 2. The largest absolute Gasteiger partial charge is 0.493 e. The highest BCUT2D eigenvalue weighted by Gasteiger charge is 2.28. The highest BCUT2D eigenvalue weighted by Crippen LogP contribution is 2.38. The van der Waals surface area contributed by atoms with Gasteiger partial charge in [-0.15, -0.1) is 0 Å². The van der Waals surface area contributed by atoms with Gasteiger partial charge in [0.2, 0.25) is 0 Å². The van der Waals surface area contributed by atoms with Gasteiger partial charge in [-0.1, -0.05) is 12.1 Å². The fraction of sp³-hybridized carbons (Fsp3) is 0.414. The Bertz CT molecular complexity index is 1280. The second-order valence-electron chi connectivity index (χ2n) is 10.1. The summed E-state index contributed by atoms with van der Waals surface area (Å²) < 4.78 is 28.3. The van der Waals surface area contributed by atoms with Gasteiger partial charge in [0, 0.05) is 43.6 Å². The number of pyridine rings is 1. The number of methoxy groups -OCH3 is 2. The van der Waals surface area contributed by atoms with Crippen LogP contribution in [0.5, 0.6) is 23.0 Å². The first-order valence-electron chi connectivity index (χ1n) is 12.6. The van der Waals surface area contributed by atoms with Crippen molar-refractivity contribution >= 4 is 23.0 Å². The van der Waals surface area contributed by atoms with Crippen molar-refractivity contribution in [3.05, 3.63) is 54.2 Å². The molecule has 1 amide bonds. The molecule has 0 unspecified atom stereocenters. The zero-order valence-corrected chi connectivity index (χ0v) is 22.5. The molecular formula is C29H34N2O7. The number of amides is 1. The lowest BCUT2D eigenvalue weighted by atomic mass is 10.1. The molecule has 0 spiro atoms. The first-order chi connectivity index (χ1) is 18.1. The van der Waals surface area contributed by atoms with E-state index in [-0.39, 0.29) is 24.6 Å². The van der Waals surface area contributed by atoms with Gasteiger partial charge in [-0.05, 0) is 50.6 Å². The molecule has 1 saturated heterocycles. The summed E-state index contributed by atoms with van der Waals surface area (Å²) in [4.78, 5) is 30.1. The van der Waals surface area contributed by atoms with Crippen LogP contribution in [-0.2, 0) is 20.7 Å². The van der Waals surface area contributed by atoms with E-state index in [4.69, 9.17) is 23.7 Å². The van der Waals surface area contributed by atoms with Crippen molar-refractivity contribution in [1.82, 2.24) is 9.88 Å². The molecule has 9 heteroatoms. The number of ether oxygens (including phenoxy) is 5. The van der Waals surface area contributed by atoms with E-state index in [0.717, 1.165) is 10.9 Å². The SMILES string of the molecule is COC(=O)Cc1ccc(Oc2ccnc3cc(OC4CCN(C(=O)OC(C)(C)C)CC4)c(OC)cc23)cc1. The molecule has 2 aromatic carbocycles. The molecule has 1 aliphatic heterocycles. The number of nitrogens with zero attached hydrogens (tertiary/aromatic N) is 2. The van der Waals surface area contributed by atoms with Gasteiger partial charge in [0.15, 0.2) is 11.5 Å². The summed E-state index contributed by atoms with van der Waals surface area (Å²) >= 11 is 0. The molecule has 0 aliphatic carbocycles. The van der Waals surface area contributed by atoms with Crippen LogP contribution in [0, 0.1) is 0 Å². The highest BCUT2D eigenvalue weighted by molar-refractivity contribution is 5.88. The number of esters is 1. The molecule has 3 aromatic rings. The fourth-order valence-electron chi connectivity index (χ4n) is 4.17. The third-order valence-corrected chi connectivity index (χ3v) is 6.10. The minimum atomic E-state index is -0.521. The number of rotatable bonds is 7. The van der Waals surface area contributed by atoms with Crippen LogP contribution in [0.1, 0.15) is 39.2 Å². The molecule has 1 fully saturated rings. The first kappa shape index (κ1) is 27.0. The minimum absolute atomic E-state index is 0.0667. The number of fused-ring (bicyclic) bond motifs is 1. The van der Waals surface area contributed by atoms with Gasteiger partial charge >= 0.3 is 12.1 Å². The number of hydrogen-bond acceptors (Lipinski definition) is 8. The van der Waals surface area contributed by atoms with E-state index in [1.165, 1.54) is 7.11 Å². The summed E-state index contributed by atoms with van der Waals surface area (Å²) in [6.07, 6.45) is 2.89. The fourth-order valence-corrected chi connectivity index (χ4v) is 4.17. The van der Waals surface area contributed by atoms with E-state index in [1.54, 1.807) is 24.3 Å². The van der Waals surface area contributed by atoms with Gasteiger partial charge in [-0.25, -0.2) is 4.79 Å². The average Bonchev–Trinajstić information content (AvgIpc) is 2.89. The summed E-state index contributed by atoms with van der Waals surface area (Å²) in [6.45, 7) is 6.70. The molecule has 1 aliphatic rings. The van der Waals surface area contributed by atoms with Crippen molar-refractivity contribution in [2.45, 2.75) is 51.7 Å². The molecule has 0 bridgehead atoms. The topological polar surface area (TPSA) is 96.4 Å². The molecule has 38 heavy (non-hydrogen) atoms. The standard InChI is InChI=1S/C29H34N2O7/c1-29(2,3)38-28(33)31-14-11-21(12-15-31)37-26-18-23-22(17-25(26)34-4)24(10-13-30-23)36-20-8-6-19(7-9-20)16-27(32)35-5/h6-10,13,17-18,21H,11-12,14-16H2,1-5H3. The van der Waals surface area contributed by atoms with Crippen molar-refractivity contribution in [2.24, 2.45) is 0 Å². The molecule has 1 aromatic heterocycles. The molecule has 0 atom stereocenters. The molecule has 0 radical (unpaired) electrons. The summed E-state index contributed by atoms with van der Waals surface area (Å²) in [5.74, 6) is 2.11. The summed E-state index contributed by atoms with van der Waals surface area (Å²) in [7, 11) is 2.96. The predicted octanol–water partition coefficient (Wildman–Crippen LogP) is 5.53. The Morgan fingerprint density at radius 1 is 0.974 bits per heavy atom. The Balaban J connectivity index is 1.46. The van der Waals surface area contributed by atoms with E-state index in [9.17, 15) is 9.59 Å². The molecule has 9 nitrogen and oxygen atoms in total. The number of piperidine rings is 1. The lowest BCUT2D eigenvalue weighted by Gasteiger charge is -2.33. The van der Waals surface area contributed by atoms with Crippen LogP contribution in [0.2, 0.25) is 0 Å². The monoisotopic (exact) mass is 522 g/mol. The van der Waals surface area contributed by atoms with E-state index in [1.807, 2.05) is 57.2 Å². The van der Waals surface area contributed by atoms with Gasteiger partial charge in [0.05, 0.1) is 26.2 Å². The minimum Gasteiger partial charge on any atom is -0.493 e. The third-order valence-electron chi connectivity index (χ3n) is 6.10. The van der Waals surface area contributed by atoms with Crippen molar-refractivity contribution < 1.29 is 33.3 Å². The number of carbonyl (C=O) groups excluding carboxylic acids is 2. The Labute approximate surface area is 222 Å². The Hall–Kier alpha value is -4.01. The van der Waals surface area contributed by atoms with Crippen LogP contribution in [0.15, 0.2) is 48.7 Å². The van der Waals surface area contributed by atoms with Crippen molar-refractivity contribution in [1.29, 1.82) is 0 Å². The van der Waals surface area contributed by atoms with Crippen LogP contribution < -0.4 is 14.2 Å². The molecule has 2 heterocycles. The Kier molecular flexibility index (Phi) is 8.24. The third kappa shape index (κ3) is 6.85. The second-order valence-corrected chi connectivity index (χ2v) is 10.1. The van der Waals surface area contributed by atoms with Crippen molar-refractivity contribution in [3.63, 3.8) is 0 Å². The Morgan fingerprint density at radius 3 is 2.32 bits per heavy atom. The van der Waals surface area contributed by atoms with Gasteiger partial charge < -0.3 is 28.6 Å². The summed E-state index contributed by atoms with van der Waals surface area (Å²) in [5, 5.41) is 0.773. The maximum absolute atomic E-state index is 12.4. The summed E-state index contributed by atoms with van der Waals surface area (Å²) in [6, 6.07) is 12.8. The van der Waals surface area contributed by atoms with E-state index in [0.29, 0.717) is 54.4 Å². The number of hydrogen-bond donors (Lipinski definition) is 0. The predicted molar refractivity (Wildman–Crippen MR) is 142 cm³/mol. The Morgan fingerprint density at radius 2 is 1.68 bits per heavy atom. The maximum Gasteiger partial charge on any atom is 0.410 e. The van der Waals surface area contributed by atoms with E-state index in [2.05, 4.69) is 4.98 Å². The second kappa shape index (κ2) is 11.6. The highest BCUT2D eigenvalue weighted by atomic mass is 16.6. The number of aromatic nitrogens is 1. The van der Waals surface area contributed by atoms with Crippen LogP contribution >= 0.6 is 0 Å². The number of carbonyl (C=O) groups is 2. The molecular weight excluding hydrogens is 488 g/mol. The first-order valence-corrected chi connectivity index (χ1v) is 12.6. The molecule has 202 valence electrons. The zero-order valence-electron chi connectivity index (χ0n) is 22.5. The van der Waals surface area contributed by atoms with Crippen LogP contribution in [0.25, 0.3) is 10.9 Å². The lowest BCUT2D eigenvalue weighted by molar-refractivity contribution is -0.139. The summed E-state index contributed by atoms with van der Waals surface area (Å²) in [5.41, 5.74) is 1.02.